The molecule has 0 radical (unpaired) electrons. The van der Waals surface area contributed by atoms with Crippen molar-refractivity contribution in [1.29, 1.82) is 0 Å². The van der Waals surface area contributed by atoms with Crippen LogP contribution in [0, 0.1) is 11.6 Å². The number of likely N-dealkylation sites (N-methyl/N-ethyl adjacent to an activating group) is 2. The van der Waals surface area contributed by atoms with Gasteiger partial charge >= 0.3 is 0 Å². The molecule has 0 spiro atoms. The number of hydrogen-bond donors (Lipinski definition) is 4. The van der Waals surface area contributed by atoms with Gasteiger partial charge in [0.05, 0.1) is 34.2 Å². The van der Waals surface area contributed by atoms with Crippen LogP contribution in [-0.2, 0) is 0 Å². The Labute approximate surface area is 360 Å². The Balaban J connectivity index is 0.000000158. The predicted molar refractivity (Wildman–Crippen MR) is 240 cm³/mol. The van der Waals surface area contributed by atoms with E-state index in [-0.39, 0.29) is 23.5 Å². The van der Waals surface area contributed by atoms with E-state index in [0.29, 0.717) is 68.3 Å². The standard InChI is InChI=1S/2C22H29FN8/c2*1-29-8-10-30(11-9-29)15-3-5-16(6-4-15)31-22-19(21(25)26-13-27-22)20(28-31)14-2-7-18(24)17(23)12-14/h2*2,7,12-13,15-16H,3-6,8-11,24H2,1H3,(H2,25,26,27)/t15-,16+;15-,16-. The second kappa shape index (κ2) is 17.7. The Hall–Kier alpha value is -5.56. The maximum atomic E-state index is 14.1. The number of hydrogen-bond acceptors (Lipinski definition) is 14. The molecular weight excluding hydrogens is 791 g/mol. The molecule has 0 bridgehead atoms. The van der Waals surface area contributed by atoms with E-state index in [1.165, 1.54) is 24.8 Å². The third-order valence-electron chi connectivity index (χ3n) is 13.7. The van der Waals surface area contributed by atoms with Crippen molar-refractivity contribution in [3.05, 3.63) is 60.7 Å². The highest BCUT2D eigenvalue weighted by atomic mass is 19.1. The minimum absolute atomic E-state index is 0.110. The molecular formula is C44H58F2N16. The molecule has 2 aromatic carbocycles. The Bertz CT molecular complexity index is 2330. The normalized spacial score (nSPS) is 23.4. The van der Waals surface area contributed by atoms with E-state index in [0.717, 1.165) is 104 Å². The van der Waals surface area contributed by atoms with Gasteiger partial charge in [0, 0.05) is 75.6 Å². The van der Waals surface area contributed by atoms with Crippen LogP contribution in [0.25, 0.3) is 44.6 Å². The summed E-state index contributed by atoms with van der Waals surface area (Å²) in [6.07, 6.45) is 11.6. The molecule has 0 atom stereocenters. The number of piperazine rings is 2. The van der Waals surface area contributed by atoms with Crippen molar-refractivity contribution in [1.82, 2.24) is 59.1 Å². The number of benzene rings is 2. The summed E-state index contributed by atoms with van der Waals surface area (Å²) < 4.78 is 32.2. The molecule has 0 unspecified atom stereocenters. The molecule has 2 saturated carbocycles. The molecule has 10 rings (SSSR count). The van der Waals surface area contributed by atoms with Crippen molar-refractivity contribution >= 4 is 45.1 Å². The lowest BCUT2D eigenvalue weighted by atomic mass is 9.90. The van der Waals surface area contributed by atoms with Crippen LogP contribution in [0.15, 0.2) is 49.1 Å². The second-order valence-corrected chi connectivity index (χ2v) is 17.6. The number of nitrogens with two attached hydrogens (primary N) is 4. The van der Waals surface area contributed by atoms with Crippen LogP contribution in [0.3, 0.4) is 0 Å². The fourth-order valence-corrected chi connectivity index (χ4v) is 9.96. The smallest absolute Gasteiger partial charge is 0.164 e. The zero-order chi connectivity index (χ0) is 43.1. The molecule has 4 fully saturated rings. The highest BCUT2D eigenvalue weighted by Gasteiger charge is 2.33. The van der Waals surface area contributed by atoms with Crippen molar-refractivity contribution in [2.45, 2.75) is 75.5 Å². The quantitative estimate of drug-likeness (QED) is 0.162. The number of fused-ring (bicyclic) bond motifs is 2. The first-order chi connectivity index (χ1) is 30.0. The average molecular weight is 849 g/mol. The highest BCUT2D eigenvalue weighted by molar-refractivity contribution is 5.99. The summed E-state index contributed by atoms with van der Waals surface area (Å²) >= 11 is 0. The molecule has 4 aliphatic rings. The number of anilines is 4. The number of aromatic nitrogens is 8. The summed E-state index contributed by atoms with van der Waals surface area (Å²) in [4.78, 5) is 27.4. The van der Waals surface area contributed by atoms with E-state index in [1.54, 1.807) is 24.3 Å². The number of rotatable bonds is 6. The summed E-state index contributed by atoms with van der Waals surface area (Å²) in [5.74, 6) is -0.226. The van der Waals surface area contributed by atoms with Crippen molar-refractivity contribution < 1.29 is 8.78 Å². The van der Waals surface area contributed by atoms with Gasteiger partial charge in [0.2, 0.25) is 0 Å². The second-order valence-electron chi connectivity index (χ2n) is 17.6. The zero-order valence-corrected chi connectivity index (χ0v) is 35.7. The minimum atomic E-state index is -0.469. The van der Waals surface area contributed by atoms with Gasteiger partial charge in [-0.15, -0.1) is 0 Å². The summed E-state index contributed by atoms with van der Waals surface area (Å²) in [7, 11) is 4.38. The fraction of sp³-hybridized carbons (Fsp3) is 0.500. The van der Waals surface area contributed by atoms with Crippen LogP contribution in [0.4, 0.5) is 31.8 Å². The molecule has 2 aliphatic carbocycles. The molecule has 328 valence electrons. The van der Waals surface area contributed by atoms with Crippen LogP contribution < -0.4 is 22.9 Å². The van der Waals surface area contributed by atoms with Gasteiger partial charge in [-0.3, -0.25) is 9.80 Å². The van der Waals surface area contributed by atoms with Gasteiger partial charge in [0.15, 0.2) is 11.3 Å². The topological polar surface area (TPSA) is 204 Å². The molecule has 16 nitrogen and oxygen atoms in total. The molecule has 8 N–H and O–H groups in total. The highest BCUT2D eigenvalue weighted by Crippen LogP contribution is 2.39. The third kappa shape index (κ3) is 8.35. The first-order valence-corrected chi connectivity index (χ1v) is 22.0. The van der Waals surface area contributed by atoms with Gasteiger partial charge < -0.3 is 32.7 Å². The monoisotopic (exact) mass is 848 g/mol. The average Bonchev–Trinajstić information content (AvgIpc) is 3.88. The maximum absolute atomic E-state index is 14.1. The first-order valence-electron chi connectivity index (χ1n) is 22.0. The van der Waals surface area contributed by atoms with E-state index in [2.05, 4.69) is 53.6 Å². The fourth-order valence-electron chi connectivity index (χ4n) is 9.96. The lowest BCUT2D eigenvalue weighted by Gasteiger charge is -2.41. The molecule has 62 heavy (non-hydrogen) atoms. The van der Waals surface area contributed by atoms with E-state index >= 15 is 0 Å². The van der Waals surface area contributed by atoms with Crippen LogP contribution in [0.5, 0.6) is 0 Å². The largest absolute Gasteiger partial charge is 0.396 e. The van der Waals surface area contributed by atoms with Crippen molar-refractivity contribution in [2.24, 2.45) is 0 Å². The van der Waals surface area contributed by atoms with E-state index in [4.69, 9.17) is 33.1 Å². The molecule has 6 aromatic rings. The van der Waals surface area contributed by atoms with Gasteiger partial charge in [-0.1, -0.05) is 12.1 Å². The SMILES string of the molecule is CN1CCN([C@H]2CC[C@@H](n3nc(-c4ccc(N)c(F)c4)c4c(N)ncnc43)CC2)CC1.CN1CCN([C@H]2CC[C@H](n3nc(-c4ccc(N)c(F)c4)c4c(N)ncnc43)CC2)CC1. The Morgan fingerprint density at radius 1 is 0.484 bits per heavy atom. The third-order valence-corrected chi connectivity index (χ3v) is 13.7. The van der Waals surface area contributed by atoms with Crippen molar-refractivity contribution in [3.8, 4) is 22.5 Å². The number of halogens is 2. The van der Waals surface area contributed by atoms with Crippen LogP contribution in [0.1, 0.15) is 63.5 Å². The molecule has 18 heteroatoms. The van der Waals surface area contributed by atoms with E-state index < -0.39 is 11.6 Å². The molecule has 2 saturated heterocycles. The zero-order valence-electron chi connectivity index (χ0n) is 35.7. The molecule has 6 heterocycles. The van der Waals surface area contributed by atoms with Crippen LogP contribution in [0.2, 0.25) is 0 Å². The molecule has 0 amide bonds. The molecule has 2 aliphatic heterocycles. The first kappa shape index (κ1) is 41.8. The van der Waals surface area contributed by atoms with Crippen LogP contribution in [-0.4, -0.2) is 138 Å². The van der Waals surface area contributed by atoms with Gasteiger partial charge in [-0.05, 0) is 89.7 Å². The summed E-state index contributed by atoms with van der Waals surface area (Å²) in [6.45, 7) is 9.15. The van der Waals surface area contributed by atoms with Gasteiger partial charge in [-0.25, -0.2) is 38.1 Å². The van der Waals surface area contributed by atoms with Crippen molar-refractivity contribution in [3.63, 3.8) is 0 Å². The van der Waals surface area contributed by atoms with Crippen molar-refractivity contribution in [2.75, 3.05) is 89.4 Å². The predicted octanol–water partition coefficient (Wildman–Crippen LogP) is 5.06. The number of nitrogens with zero attached hydrogens (tertiary/aromatic N) is 12. The van der Waals surface area contributed by atoms with Gasteiger partial charge in [0.1, 0.15) is 47.3 Å². The number of nitrogen functional groups attached to an aromatic ring is 4. The summed E-state index contributed by atoms with van der Waals surface area (Å²) in [5, 5.41) is 11.1. The van der Waals surface area contributed by atoms with Crippen LogP contribution >= 0.6 is 0 Å². The Morgan fingerprint density at radius 3 is 1.19 bits per heavy atom. The lowest BCUT2D eigenvalue weighted by Crippen LogP contribution is -2.49. The lowest BCUT2D eigenvalue weighted by molar-refractivity contribution is 0.0815. The van der Waals surface area contributed by atoms with Gasteiger partial charge in [0.25, 0.3) is 0 Å². The Kier molecular flexibility index (Phi) is 11.9. The summed E-state index contributed by atoms with van der Waals surface area (Å²) in [6, 6.07) is 11.2. The van der Waals surface area contributed by atoms with E-state index in [9.17, 15) is 8.78 Å². The minimum Gasteiger partial charge on any atom is -0.396 e. The Morgan fingerprint density at radius 2 is 0.839 bits per heavy atom. The molecule has 4 aromatic heterocycles. The van der Waals surface area contributed by atoms with E-state index in [1.807, 2.05) is 9.36 Å². The maximum Gasteiger partial charge on any atom is 0.164 e. The van der Waals surface area contributed by atoms with Gasteiger partial charge in [-0.2, -0.15) is 10.2 Å². The summed E-state index contributed by atoms with van der Waals surface area (Å²) in [5.41, 5.74) is 27.8.